The molecule has 25 heavy (non-hydrogen) atoms. The Morgan fingerprint density at radius 2 is 1.72 bits per heavy atom. The minimum Gasteiger partial charge on any atom is -0.481 e. The van der Waals surface area contributed by atoms with Crippen LogP contribution in [0.2, 0.25) is 0 Å². The number of aryl methyl sites for hydroxylation is 3. The highest BCUT2D eigenvalue weighted by atomic mass is 16.6. The van der Waals surface area contributed by atoms with Crippen LogP contribution in [-0.2, 0) is 14.3 Å². The second kappa shape index (κ2) is 8.88. The van der Waals surface area contributed by atoms with Crippen molar-refractivity contribution < 1.29 is 19.1 Å². The van der Waals surface area contributed by atoms with Crippen LogP contribution in [0.5, 0.6) is 5.75 Å². The van der Waals surface area contributed by atoms with Crippen molar-refractivity contribution in [1.82, 2.24) is 5.32 Å². The Labute approximate surface area is 150 Å². The average molecular weight is 347 g/mol. The van der Waals surface area contributed by atoms with Gasteiger partial charge in [0.2, 0.25) is 0 Å². The zero-order valence-electron chi connectivity index (χ0n) is 15.7. The largest absolute Gasteiger partial charge is 0.481 e. The van der Waals surface area contributed by atoms with E-state index in [1.807, 2.05) is 32.9 Å². The highest BCUT2D eigenvalue weighted by molar-refractivity contribution is 5.81. The molecule has 0 unspecified atom stereocenters. The van der Waals surface area contributed by atoms with Crippen LogP contribution in [0.1, 0.15) is 49.3 Å². The topological polar surface area (TPSA) is 64.6 Å². The van der Waals surface area contributed by atoms with Crippen molar-refractivity contribution in [3.05, 3.63) is 28.8 Å². The van der Waals surface area contributed by atoms with Gasteiger partial charge in [0, 0.05) is 6.04 Å². The van der Waals surface area contributed by atoms with Crippen LogP contribution in [0, 0.1) is 26.7 Å². The molecule has 1 fully saturated rings. The minimum absolute atomic E-state index is 0.189. The number of ether oxygens (including phenoxy) is 2. The molecule has 2 atom stereocenters. The number of rotatable bonds is 6. The molecule has 0 spiro atoms. The van der Waals surface area contributed by atoms with Gasteiger partial charge in [-0.3, -0.25) is 4.79 Å². The molecular weight excluding hydrogens is 318 g/mol. The maximum absolute atomic E-state index is 12.0. The summed E-state index contributed by atoms with van der Waals surface area (Å²) < 4.78 is 10.6. The van der Waals surface area contributed by atoms with E-state index in [1.165, 1.54) is 6.42 Å². The van der Waals surface area contributed by atoms with Crippen LogP contribution in [-0.4, -0.2) is 31.1 Å². The predicted molar refractivity (Wildman–Crippen MR) is 96.7 cm³/mol. The first-order chi connectivity index (χ1) is 11.9. The van der Waals surface area contributed by atoms with Crippen LogP contribution in [0.15, 0.2) is 12.1 Å². The van der Waals surface area contributed by atoms with Crippen LogP contribution in [0.25, 0.3) is 0 Å². The Balaban J connectivity index is 1.74. The van der Waals surface area contributed by atoms with Gasteiger partial charge in [-0.2, -0.15) is 0 Å². The molecule has 0 aromatic heterocycles. The molecule has 5 heteroatoms. The number of hydrogen-bond donors (Lipinski definition) is 1. The molecule has 0 radical (unpaired) electrons. The zero-order valence-corrected chi connectivity index (χ0v) is 15.7. The van der Waals surface area contributed by atoms with Crippen molar-refractivity contribution >= 4 is 11.9 Å². The number of benzene rings is 1. The van der Waals surface area contributed by atoms with E-state index in [9.17, 15) is 9.59 Å². The van der Waals surface area contributed by atoms with E-state index < -0.39 is 5.97 Å². The first-order valence-corrected chi connectivity index (χ1v) is 9.02. The van der Waals surface area contributed by atoms with Crippen molar-refractivity contribution in [2.45, 2.75) is 59.4 Å². The number of carbonyl (C=O) groups excluding carboxylic acids is 2. The molecule has 1 aliphatic rings. The number of esters is 1. The normalized spacial score (nSPS) is 20.0. The third-order valence-electron chi connectivity index (χ3n) is 4.76. The van der Waals surface area contributed by atoms with E-state index >= 15 is 0 Å². The quantitative estimate of drug-likeness (QED) is 0.803. The van der Waals surface area contributed by atoms with Gasteiger partial charge in [0.15, 0.2) is 13.2 Å². The van der Waals surface area contributed by atoms with Crippen molar-refractivity contribution in [2.24, 2.45) is 5.92 Å². The lowest BCUT2D eigenvalue weighted by Crippen LogP contribution is -2.43. The Morgan fingerprint density at radius 1 is 1.08 bits per heavy atom. The average Bonchev–Trinajstić information content (AvgIpc) is 2.54. The summed E-state index contributed by atoms with van der Waals surface area (Å²) in [6.07, 6.45) is 4.49. The standard InChI is InChI=1S/C20H29NO4/c1-13-9-15(3)20(16(4)10-13)25-12-19(23)24-11-18(22)21-17-8-6-5-7-14(17)2/h9-10,14,17H,5-8,11-12H2,1-4H3,(H,21,22)/t14-,17-/m1/s1. The SMILES string of the molecule is Cc1cc(C)c(OCC(=O)OCC(=O)N[C@@H]2CCCC[C@H]2C)c(C)c1. The molecule has 5 nitrogen and oxygen atoms in total. The predicted octanol–water partition coefficient (Wildman–Crippen LogP) is 3.23. The van der Waals surface area contributed by atoms with Gasteiger partial charge in [0.05, 0.1) is 0 Å². The maximum atomic E-state index is 12.0. The summed E-state index contributed by atoms with van der Waals surface area (Å²) in [5.74, 6) is 0.397. The number of nitrogens with one attached hydrogen (secondary N) is 1. The lowest BCUT2D eigenvalue weighted by Gasteiger charge is -2.29. The highest BCUT2D eigenvalue weighted by Gasteiger charge is 2.23. The lowest BCUT2D eigenvalue weighted by atomic mass is 9.86. The van der Waals surface area contributed by atoms with Gasteiger partial charge in [-0.25, -0.2) is 4.79 Å². The van der Waals surface area contributed by atoms with Gasteiger partial charge in [-0.15, -0.1) is 0 Å². The third kappa shape index (κ3) is 5.76. The summed E-state index contributed by atoms with van der Waals surface area (Å²) in [5.41, 5.74) is 3.11. The molecule has 0 saturated heterocycles. The Kier molecular flexibility index (Phi) is 6.85. The van der Waals surface area contributed by atoms with E-state index in [1.54, 1.807) is 0 Å². The molecular formula is C20H29NO4. The molecule has 1 aliphatic carbocycles. The summed E-state index contributed by atoms with van der Waals surface area (Å²) >= 11 is 0. The van der Waals surface area contributed by atoms with Gasteiger partial charge in [0.25, 0.3) is 5.91 Å². The van der Waals surface area contributed by atoms with Crippen LogP contribution >= 0.6 is 0 Å². The molecule has 1 N–H and O–H groups in total. The second-order valence-corrected chi connectivity index (χ2v) is 7.11. The molecule has 0 bridgehead atoms. The minimum atomic E-state index is -0.536. The fourth-order valence-electron chi connectivity index (χ4n) is 3.49. The zero-order chi connectivity index (χ0) is 18.4. The molecule has 2 rings (SSSR count). The van der Waals surface area contributed by atoms with Crippen molar-refractivity contribution in [3.63, 3.8) is 0 Å². The van der Waals surface area contributed by atoms with E-state index in [0.717, 1.165) is 36.0 Å². The number of amides is 1. The van der Waals surface area contributed by atoms with Crippen molar-refractivity contribution in [1.29, 1.82) is 0 Å². The maximum Gasteiger partial charge on any atom is 0.344 e. The molecule has 1 saturated carbocycles. The van der Waals surface area contributed by atoms with E-state index in [0.29, 0.717) is 11.7 Å². The molecule has 138 valence electrons. The lowest BCUT2D eigenvalue weighted by molar-refractivity contribution is -0.150. The van der Waals surface area contributed by atoms with Crippen molar-refractivity contribution in [3.8, 4) is 5.75 Å². The Morgan fingerprint density at radius 3 is 2.36 bits per heavy atom. The molecule has 1 aromatic carbocycles. The number of hydrogen-bond acceptors (Lipinski definition) is 4. The van der Waals surface area contributed by atoms with Gasteiger partial charge in [-0.05, 0) is 50.7 Å². The van der Waals surface area contributed by atoms with E-state index in [4.69, 9.17) is 9.47 Å². The smallest absolute Gasteiger partial charge is 0.344 e. The first kappa shape index (κ1) is 19.3. The van der Waals surface area contributed by atoms with Crippen molar-refractivity contribution in [2.75, 3.05) is 13.2 Å². The fraction of sp³-hybridized carbons (Fsp3) is 0.600. The third-order valence-corrected chi connectivity index (χ3v) is 4.76. The Bertz CT molecular complexity index is 603. The monoisotopic (exact) mass is 347 g/mol. The Hall–Kier alpha value is -2.04. The summed E-state index contributed by atoms with van der Waals surface area (Å²) in [6.45, 7) is 7.61. The summed E-state index contributed by atoms with van der Waals surface area (Å²) in [7, 11) is 0. The molecule has 0 aliphatic heterocycles. The fourth-order valence-corrected chi connectivity index (χ4v) is 3.49. The van der Waals surface area contributed by atoms with E-state index in [2.05, 4.69) is 12.2 Å². The second-order valence-electron chi connectivity index (χ2n) is 7.11. The van der Waals surface area contributed by atoms with Gasteiger partial charge >= 0.3 is 5.97 Å². The summed E-state index contributed by atoms with van der Waals surface area (Å²) in [4.78, 5) is 23.8. The number of carbonyl (C=O) groups is 2. The molecule has 0 heterocycles. The van der Waals surface area contributed by atoms with E-state index in [-0.39, 0.29) is 25.2 Å². The first-order valence-electron chi connectivity index (χ1n) is 9.02. The van der Waals surface area contributed by atoms with Crippen LogP contribution < -0.4 is 10.1 Å². The summed E-state index contributed by atoms with van der Waals surface area (Å²) in [6, 6.07) is 4.20. The summed E-state index contributed by atoms with van der Waals surface area (Å²) in [5, 5.41) is 2.97. The van der Waals surface area contributed by atoms with Gasteiger partial charge in [0.1, 0.15) is 5.75 Å². The van der Waals surface area contributed by atoms with Gasteiger partial charge in [-0.1, -0.05) is 37.5 Å². The molecule has 1 aromatic rings. The van der Waals surface area contributed by atoms with Crippen LogP contribution in [0.3, 0.4) is 0 Å². The molecule has 1 amide bonds. The van der Waals surface area contributed by atoms with Gasteiger partial charge < -0.3 is 14.8 Å². The van der Waals surface area contributed by atoms with Crippen LogP contribution in [0.4, 0.5) is 0 Å². The highest BCUT2D eigenvalue weighted by Crippen LogP contribution is 2.25.